The third-order valence-electron chi connectivity index (χ3n) is 14.6. The van der Waals surface area contributed by atoms with Crippen LogP contribution in [0.5, 0.6) is 23.0 Å². The number of piperidine rings is 1. The van der Waals surface area contributed by atoms with Crippen LogP contribution in [0.25, 0.3) is 10.8 Å². The molecule has 1 fully saturated rings. The number of hydrogen-bond donors (Lipinski definition) is 7. The molecule has 5 bridgehead atoms. The van der Waals surface area contributed by atoms with Gasteiger partial charge in [-0.1, -0.05) is 70.2 Å². The van der Waals surface area contributed by atoms with E-state index in [0.717, 1.165) is 25.8 Å². The molecular formula is C51H65N3O12. The third kappa shape index (κ3) is 8.79. The Bertz CT molecular complexity index is 2470. The zero-order valence-electron chi connectivity index (χ0n) is 39.3. The van der Waals surface area contributed by atoms with Crippen molar-refractivity contribution in [2.45, 2.75) is 117 Å². The molecular weight excluding hydrogens is 847 g/mol. The SMILES string of the molecule is CO[C@H]1/C=C/O[C@@]2(C)Oc3c(C)c(O)c4c(O)c(c(CN5CCC6(CC5)NCCc5ccccc56)c(O)c4c3C2=O)NC(=O)/C(C)=C\C=C\[C@H](C)[C@H](O)[C@@H](C)[C@@H](O)[C@@H](C)[C@H](OC(C)=O)[C@@H]1C. The van der Waals surface area contributed by atoms with Crippen LogP contribution >= 0.6 is 0 Å². The zero-order valence-corrected chi connectivity index (χ0v) is 39.3. The molecule has 15 heteroatoms. The first-order chi connectivity index (χ1) is 31.2. The average Bonchev–Trinajstić information content (AvgIpc) is 3.56. The maximum atomic E-state index is 14.7. The number of aliphatic hydroxyl groups is 2. The van der Waals surface area contributed by atoms with E-state index in [1.54, 1.807) is 52.8 Å². The summed E-state index contributed by atoms with van der Waals surface area (Å²) < 4.78 is 23.9. The highest BCUT2D eigenvalue weighted by Crippen LogP contribution is 2.56. The first-order valence-corrected chi connectivity index (χ1v) is 22.9. The van der Waals surface area contributed by atoms with Gasteiger partial charge >= 0.3 is 11.8 Å². The highest BCUT2D eigenvalue weighted by atomic mass is 16.7. The van der Waals surface area contributed by atoms with Gasteiger partial charge in [0.05, 0.1) is 41.2 Å². The molecule has 3 aromatic carbocycles. The summed E-state index contributed by atoms with van der Waals surface area (Å²) in [5.74, 6) is -7.94. The fourth-order valence-corrected chi connectivity index (χ4v) is 10.4. The zero-order chi connectivity index (χ0) is 48.0. The van der Waals surface area contributed by atoms with Gasteiger partial charge in [-0.3, -0.25) is 19.3 Å². The van der Waals surface area contributed by atoms with Gasteiger partial charge in [0, 0.05) is 98.4 Å². The molecule has 0 saturated carbocycles. The van der Waals surface area contributed by atoms with Gasteiger partial charge in [-0.15, -0.1) is 0 Å². The van der Waals surface area contributed by atoms with Crippen molar-refractivity contribution in [2.75, 3.05) is 32.1 Å². The maximum Gasteiger partial charge on any atom is 0.312 e. The molecule has 0 radical (unpaired) electrons. The largest absolute Gasteiger partial charge is 0.507 e. The minimum atomic E-state index is -2.03. The normalized spacial score (nSPS) is 31.3. The summed E-state index contributed by atoms with van der Waals surface area (Å²) in [5.41, 5.74) is 2.53. The topological polar surface area (TPSA) is 217 Å². The number of aromatic hydroxyl groups is 3. The van der Waals surface area contributed by atoms with E-state index in [9.17, 15) is 39.9 Å². The smallest absolute Gasteiger partial charge is 0.312 e. The van der Waals surface area contributed by atoms with Gasteiger partial charge in [-0.2, -0.15) is 0 Å². The molecule has 5 aliphatic rings. The molecule has 5 heterocycles. The summed E-state index contributed by atoms with van der Waals surface area (Å²) in [6.07, 6.45) is 6.18. The molecule has 7 N–H and O–H groups in total. The van der Waals surface area contributed by atoms with E-state index in [1.165, 1.54) is 51.3 Å². The Labute approximate surface area is 386 Å². The Balaban J connectivity index is 1.33. The van der Waals surface area contributed by atoms with Crippen LogP contribution in [0.3, 0.4) is 0 Å². The molecule has 15 nitrogen and oxygen atoms in total. The molecule has 1 saturated heterocycles. The Kier molecular flexibility index (Phi) is 14.0. The molecule has 356 valence electrons. The highest BCUT2D eigenvalue weighted by molar-refractivity contribution is 6.22. The number of amides is 1. The molecule has 5 aliphatic heterocycles. The number of likely N-dealkylation sites (tertiary alicyclic amines) is 1. The van der Waals surface area contributed by atoms with Crippen molar-refractivity contribution in [3.05, 3.63) is 88.2 Å². The number of methoxy groups -OCH3 is 1. The number of benzene rings is 3. The fourth-order valence-electron chi connectivity index (χ4n) is 10.4. The second-order valence-electron chi connectivity index (χ2n) is 18.9. The van der Waals surface area contributed by atoms with Gasteiger partial charge in [0.15, 0.2) is 5.75 Å². The van der Waals surface area contributed by atoms with Crippen molar-refractivity contribution in [3.8, 4) is 23.0 Å². The minimum absolute atomic E-state index is 0.0588. The number of anilines is 1. The van der Waals surface area contributed by atoms with Gasteiger partial charge < -0.3 is 55.1 Å². The molecule has 0 unspecified atom stereocenters. The lowest BCUT2D eigenvalue weighted by atomic mass is 9.76. The lowest BCUT2D eigenvalue weighted by Crippen LogP contribution is -2.53. The summed E-state index contributed by atoms with van der Waals surface area (Å²) in [6.45, 7) is 14.8. The Hall–Kier alpha value is -5.45. The number of carbonyl (C=O) groups is 3. The number of ketones is 1. The maximum absolute atomic E-state index is 14.7. The summed E-state index contributed by atoms with van der Waals surface area (Å²) in [6, 6.07) is 8.46. The van der Waals surface area contributed by atoms with E-state index < -0.39 is 88.8 Å². The molecule has 9 atom stereocenters. The van der Waals surface area contributed by atoms with Crippen molar-refractivity contribution < 1.29 is 58.9 Å². The first kappa shape index (κ1) is 48.5. The van der Waals surface area contributed by atoms with Gasteiger partial charge in [-0.25, -0.2) is 0 Å². The molecule has 3 aromatic rings. The standard InChI is InChI=1S/C51H65N3O12/c1-26-13-12-14-27(2)49(62)53-40-34(25-54-22-19-51(20-23-54)35-16-11-10-15-33(35)17-21-52-51)44(59)37-38(45(40)60)43(58)31(6)47-39(37)48(61)50(8,66-47)64-24-18-36(63-9)28(3)46(65-32(7)55)30(5)42(57)29(4)41(26)56/h10-16,18,24,26,28-30,36,41-42,46,52,56-60H,17,19-23,25H2,1-9H3,(H,53,62)/b13-12+,24-18+,27-14-/t26-,28+,29+,30+,36-,41-,42+,46+,50-/m0/s1. The summed E-state index contributed by atoms with van der Waals surface area (Å²) in [7, 11) is 1.45. The predicted octanol–water partition coefficient (Wildman–Crippen LogP) is 6.39. The number of rotatable bonds is 4. The Morgan fingerprint density at radius 2 is 1.62 bits per heavy atom. The average molecular weight is 912 g/mol. The third-order valence-corrected chi connectivity index (χ3v) is 14.6. The van der Waals surface area contributed by atoms with Crippen molar-refractivity contribution >= 4 is 34.1 Å². The predicted molar refractivity (Wildman–Crippen MR) is 248 cm³/mol. The monoisotopic (exact) mass is 911 g/mol. The Morgan fingerprint density at radius 1 is 0.924 bits per heavy atom. The number of nitrogens with zero attached hydrogens (tertiary/aromatic N) is 1. The van der Waals surface area contributed by atoms with Crippen molar-refractivity contribution in [2.24, 2.45) is 23.7 Å². The molecule has 1 amide bonds. The van der Waals surface area contributed by atoms with E-state index in [4.69, 9.17) is 18.9 Å². The van der Waals surface area contributed by atoms with Crippen LogP contribution in [0.15, 0.2) is 60.4 Å². The van der Waals surface area contributed by atoms with Gasteiger partial charge in [0.1, 0.15) is 23.4 Å². The lowest BCUT2D eigenvalue weighted by molar-refractivity contribution is -0.160. The lowest BCUT2D eigenvalue weighted by Gasteiger charge is -2.46. The van der Waals surface area contributed by atoms with E-state index in [0.29, 0.717) is 13.1 Å². The van der Waals surface area contributed by atoms with E-state index >= 15 is 0 Å². The molecule has 0 aromatic heterocycles. The van der Waals surface area contributed by atoms with Crippen molar-refractivity contribution in [1.82, 2.24) is 10.2 Å². The molecule has 1 spiro atoms. The number of allylic oxidation sites excluding steroid dienone is 2. The number of ether oxygens (including phenoxy) is 4. The number of phenols is 3. The highest BCUT2D eigenvalue weighted by Gasteiger charge is 2.50. The number of carbonyl (C=O) groups excluding carboxylic acids is 3. The Morgan fingerprint density at radius 3 is 2.30 bits per heavy atom. The van der Waals surface area contributed by atoms with Crippen LogP contribution in [0.4, 0.5) is 5.69 Å². The number of aliphatic hydroxyl groups excluding tert-OH is 2. The van der Waals surface area contributed by atoms with Gasteiger partial charge in [0.25, 0.3) is 11.7 Å². The molecule has 66 heavy (non-hydrogen) atoms. The number of esters is 1. The van der Waals surface area contributed by atoms with Crippen LogP contribution in [0.1, 0.15) is 93.9 Å². The van der Waals surface area contributed by atoms with Crippen molar-refractivity contribution in [3.63, 3.8) is 0 Å². The second kappa shape index (κ2) is 19.0. The number of phenolic OH excluding ortho intramolecular Hbond substituents is 3. The second-order valence-corrected chi connectivity index (χ2v) is 18.9. The van der Waals surface area contributed by atoms with Crippen molar-refractivity contribution in [1.29, 1.82) is 0 Å². The first-order valence-electron chi connectivity index (χ1n) is 22.9. The van der Waals surface area contributed by atoms with Gasteiger partial charge in [-0.05, 0) is 50.3 Å². The number of fused-ring (bicyclic) bond motifs is 16. The van der Waals surface area contributed by atoms with Crippen LogP contribution in [-0.2, 0) is 42.3 Å². The van der Waals surface area contributed by atoms with Crippen LogP contribution in [0.2, 0.25) is 0 Å². The summed E-state index contributed by atoms with van der Waals surface area (Å²) in [4.78, 5) is 43.3. The molecule has 8 rings (SSSR count). The number of Topliss-reactive ketones (excluding diaryl/α,β-unsaturated/α-hetero) is 1. The van der Waals surface area contributed by atoms with E-state index in [1.807, 2.05) is 0 Å². The quantitative estimate of drug-likeness (QED) is 0.0858. The van der Waals surface area contributed by atoms with Crippen LogP contribution in [-0.4, -0.2) is 105 Å². The van der Waals surface area contributed by atoms with E-state index in [2.05, 4.69) is 39.8 Å². The minimum Gasteiger partial charge on any atom is -0.507 e. The van der Waals surface area contributed by atoms with Crippen LogP contribution in [0, 0.1) is 30.6 Å². The van der Waals surface area contributed by atoms with Crippen LogP contribution < -0.4 is 15.4 Å². The molecule has 0 aliphatic carbocycles. The van der Waals surface area contributed by atoms with E-state index in [-0.39, 0.29) is 56.6 Å². The fraction of sp³-hybridized carbons (Fsp3) is 0.510. The summed E-state index contributed by atoms with van der Waals surface area (Å²) in [5, 5.41) is 65.7. The number of hydrogen-bond acceptors (Lipinski definition) is 14. The number of nitrogens with one attached hydrogen (secondary N) is 2. The van der Waals surface area contributed by atoms with Gasteiger partial charge in [0.2, 0.25) is 0 Å². The summed E-state index contributed by atoms with van der Waals surface area (Å²) >= 11 is 0.